The van der Waals surface area contributed by atoms with Crippen LogP contribution in [0.15, 0.2) is 89.8 Å². The summed E-state index contributed by atoms with van der Waals surface area (Å²) >= 11 is 0. The van der Waals surface area contributed by atoms with Crippen molar-refractivity contribution >= 4 is 33.4 Å². The zero-order valence-corrected chi connectivity index (χ0v) is 22.3. The van der Waals surface area contributed by atoms with Crippen LogP contribution in [0.2, 0.25) is 0 Å². The van der Waals surface area contributed by atoms with Crippen molar-refractivity contribution in [3.8, 4) is 5.75 Å². The molecule has 1 aliphatic heterocycles. The number of rotatable bonds is 9. The lowest BCUT2D eigenvalue weighted by Crippen LogP contribution is -2.48. The van der Waals surface area contributed by atoms with Crippen LogP contribution in [0.4, 0.5) is 5.69 Å². The van der Waals surface area contributed by atoms with Gasteiger partial charge >= 0.3 is 0 Å². The van der Waals surface area contributed by atoms with Crippen molar-refractivity contribution in [1.29, 1.82) is 0 Å². The lowest BCUT2D eigenvalue weighted by molar-refractivity contribution is -0.131. The molecule has 3 aromatic carbocycles. The second-order valence-electron chi connectivity index (χ2n) is 9.03. The molecule has 0 aliphatic carbocycles. The van der Waals surface area contributed by atoms with Gasteiger partial charge < -0.3 is 20.4 Å². The smallest absolute Gasteiger partial charge is 0.295 e. The van der Waals surface area contributed by atoms with Crippen LogP contribution >= 0.6 is 0 Å². The Labute approximate surface area is 227 Å². The SMILES string of the molecule is CC(=O)NC1CCN(C(=O)CNC(=O)c2ccc(S(=O)(=O)N(Oc3ccccc3)c3ccccc3)cc2)CC1. The van der Waals surface area contributed by atoms with Crippen molar-refractivity contribution in [2.75, 3.05) is 24.1 Å². The van der Waals surface area contributed by atoms with Gasteiger partial charge in [-0.3, -0.25) is 14.4 Å². The number of nitrogens with zero attached hydrogens (tertiary/aromatic N) is 2. The summed E-state index contributed by atoms with van der Waals surface area (Å²) in [6, 6.07) is 22.4. The zero-order valence-electron chi connectivity index (χ0n) is 21.4. The van der Waals surface area contributed by atoms with Crippen molar-refractivity contribution in [2.24, 2.45) is 0 Å². The number of hydrogen-bond acceptors (Lipinski definition) is 6. The predicted octanol–water partition coefficient (Wildman–Crippen LogP) is 2.73. The van der Waals surface area contributed by atoms with Crippen LogP contribution in [0.5, 0.6) is 5.75 Å². The Morgan fingerprint density at radius 2 is 1.49 bits per heavy atom. The van der Waals surface area contributed by atoms with Gasteiger partial charge in [-0.05, 0) is 61.4 Å². The van der Waals surface area contributed by atoms with E-state index in [1.54, 1.807) is 65.6 Å². The van der Waals surface area contributed by atoms with Crippen molar-refractivity contribution in [1.82, 2.24) is 15.5 Å². The number of nitrogens with one attached hydrogen (secondary N) is 2. The number of anilines is 1. The summed E-state index contributed by atoms with van der Waals surface area (Å²) in [6.07, 6.45) is 1.31. The van der Waals surface area contributed by atoms with Crippen molar-refractivity contribution < 1.29 is 27.6 Å². The van der Waals surface area contributed by atoms with Crippen LogP contribution in [-0.4, -0.2) is 56.7 Å². The van der Waals surface area contributed by atoms with E-state index in [4.69, 9.17) is 4.84 Å². The van der Waals surface area contributed by atoms with Gasteiger partial charge in [-0.25, -0.2) is 0 Å². The second kappa shape index (κ2) is 12.4. The van der Waals surface area contributed by atoms with Gasteiger partial charge in [0.15, 0.2) is 5.75 Å². The maximum absolute atomic E-state index is 13.5. The summed E-state index contributed by atoms with van der Waals surface area (Å²) in [7, 11) is -4.15. The maximum atomic E-state index is 13.5. The van der Waals surface area contributed by atoms with Crippen LogP contribution in [0.1, 0.15) is 30.1 Å². The van der Waals surface area contributed by atoms with Crippen molar-refractivity contribution in [3.63, 3.8) is 0 Å². The highest BCUT2D eigenvalue weighted by molar-refractivity contribution is 7.92. The van der Waals surface area contributed by atoms with Gasteiger partial charge in [-0.15, -0.1) is 0 Å². The molecule has 3 amide bonds. The van der Waals surface area contributed by atoms with E-state index in [0.29, 0.717) is 37.4 Å². The standard InChI is InChI=1S/C28H30N4O6S/c1-21(33)30-23-16-18-31(19-17-23)27(34)20-29-28(35)22-12-14-26(15-13-22)39(36,37)32(24-8-4-2-5-9-24)38-25-10-6-3-7-11-25/h2-15,23H,16-20H2,1H3,(H,29,35)(H,30,33). The topological polar surface area (TPSA) is 125 Å². The first-order chi connectivity index (χ1) is 18.7. The average molecular weight is 551 g/mol. The number of likely N-dealkylation sites (tertiary alicyclic amines) is 1. The molecule has 11 heteroatoms. The van der Waals surface area contributed by atoms with E-state index in [1.807, 2.05) is 0 Å². The molecule has 4 rings (SSSR count). The van der Waals surface area contributed by atoms with E-state index in [2.05, 4.69) is 10.6 Å². The third-order valence-electron chi connectivity index (χ3n) is 6.19. The number of carbonyl (C=O) groups is 3. The number of amides is 3. The molecule has 1 fully saturated rings. The highest BCUT2D eigenvalue weighted by Gasteiger charge is 2.28. The Kier molecular flexibility index (Phi) is 8.82. The molecule has 1 saturated heterocycles. The molecular formula is C28H30N4O6S. The number of benzene rings is 3. The Balaban J connectivity index is 1.40. The summed E-state index contributed by atoms with van der Waals surface area (Å²) in [6.45, 7) is 2.27. The highest BCUT2D eigenvalue weighted by Crippen LogP contribution is 2.26. The van der Waals surface area contributed by atoms with Crippen LogP contribution in [-0.2, 0) is 19.6 Å². The van der Waals surface area contributed by atoms with Gasteiger partial charge in [0, 0.05) is 31.6 Å². The molecule has 10 nitrogen and oxygen atoms in total. The molecule has 2 N–H and O–H groups in total. The molecule has 1 heterocycles. The fourth-order valence-electron chi connectivity index (χ4n) is 4.17. The first kappa shape index (κ1) is 27.6. The van der Waals surface area contributed by atoms with E-state index in [0.717, 1.165) is 4.47 Å². The van der Waals surface area contributed by atoms with E-state index in [1.165, 1.54) is 31.2 Å². The lowest BCUT2D eigenvalue weighted by Gasteiger charge is -2.32. The normalized spacial score (nSPS) is 13.8. The van der Waals surface area contributed by atoms with Crippen LogP contribution in [0.25, 0.3) is 0 Å². The predicted molar refractivity (Wildman–Crippen MR) is 145 cm³/mol. The van der Waals surface area contributed by atoms with Crippen molar-refractivity contribution in [2.45, 2.75) is 30.7 Å². The van der Waals surface area contributed by atoms with E-state index in [9.17, 15) is 22.8 Å². The lowest BCUT2D eigenvalue weighted by atomic mass is 10.0. The molecule has 204 valence electrons. The molecule has 0 atom stereocenters. The summed E-state index contributed by atoms with van der Waals surface area (Å²) in [5.74, 6) is -0.478. The van der Waals surface area contributed by atoms with Crippen molar-refractivity contribution in [3.05, 3.63) is 90.5 Å². The fourth-order valence-corrected chi connectivity index (χ4v) is 5.43. The molecule has 0 bridgehead atoms. The number of piperidine rings is 1. The Hall–Kier alpha value is -4.38. The number of carbonyl (C=O) groups excluding carboxylic acids is 3. The third-order valence-corrected chi connectivity index (χ3v) is 7.78. The minimum atomic E-state index is -4.15. The summed E-state index contributed by atoms with van der Waals surface area (Å²) in [5.41, 5.74) is 0.518. The number of hydrogen-bond donors (Lipinski definition) is 2. The number of para-hydroxylation sites is 2. The molecule has 39 heavy (non-hydrogen) atoms. The van der Waals surface area contributed by atoms with Gasteiger partial charge in [-0.2, -0.15) is 8.42 Å². The molecule has 1 aliphatic rings. The molecule has 0 saturated carbocycles. The molecule has 0 radical (unpaired) electrons. The van der Waals surface area contributed by atoms with E-state index >= 15 is 0 Å². The minimum Gasteiger partial charge on any atom is -0.364 e. The van der Waals surface area contributed by atoms with Crippen LogP contribution < -0.4 is 19.9 Å². The van der Waals surface area contributed by atoms with Gasteiger partial charge in [0.2, 0.25) is 11.8 Å². The summed E-state index contributed by atoms with van der Waals surface area (Å²) in [5, 5.41) is 5.45. The minimum absolute atomic E-state index is 0.0480. The fraction of sp³-hybridized carbons (Fsp3) is 0.250. The van der Waals surface area contributed by atoms with Crippen LogP contribution in [0, 0.1) is 0 Å². The van der Waals surface area contributed by atoms with E-state index in [-0.39, 0.29) is 34.9 Å². The highest BCUT2D eigenvalue weighted by atomic mass is 32.2. The third kappa shape index (κ3) is 7.14. The molecule has 0 unspecified atom stereocenters. The monoisotopic (exact) mass is 550 g/mol. The molecule has 3 aromatic rings. The molecular weight excluding hydrogens is 520 g/mol. The number of sulfonamides is 1. The van der Waals surface area contributed by atoms with Gasteiger partial charge in [-0.1, -0.05) is 40.9 Å². The van der Waals surface area contributed by atoms with Gasteiger partial charge in [0.05, 0.1) is 17.1 Å². The molecule has 0 spiro atoms. The Morgan fingerprint density at radius 3 is 2.08 bits per heavy atom. The van der Waals surface area contributed by atoms with Gasteiger partial charge in [0.1, 0.15) is 0 Å². The second-order valence-corrected chi connectivity index (χ2v) is 10.8. The summed E-state index contributed by atoms with van der Waals surface area (Å²) < 4.78 is 27.9. The first-order valence-electron chi connectivity index (χ1n) is 12.5. The van der Waals surface area contributed by atoms with Gasteiger partial charge in [0.25, 0.3) is 15.9 Å². The summed E-state index contributed by atoms with van der Waals surface area (Å²) in [4.78, 5) is 43.7. The quantitative estimate of drug-likeness (QED) is 0.395. The Morgan fingerprint density at radius 1 is 0.897 bits per heavy atom. The largest absolute Gasteiger partial charge is 0.364 e. The average Bonchev–Trinajstić information content (AvgIpc) is 2.95. The first-order valence-corrected chi connectivity index (χ1v) is 13.9. The maximum Gasteiger partial charge on any atom is 0.295 e. The Bertz CT molecular complexity index is 1390. The molecule has 0 aromatic heterocycles. The van der Waals surface area contributed by atoms with E-state index < -0.39 is 15.9 Å². The van der Waals surface area contributed by atoms with Crippen LogP contribution in [0.3, 0.4) is 0 Å². The zero-order chi connectivity index (χ0) is 27.8.